The Morgan fingerprint density at radius 1 is 0.657 bits per heavy atom. The van der Waals surface area contributed by atoms with Crippen molar-refractivity contribution < 1.29 is 26.3 Å². The van der Waals surface area contributed by atoms with Crippen LogP contribution in [0.5, 0.6) is 0 Å². The van der Waals surface area contributed by atoms with Crippen molar-refractivity contribution in [2.45, 2.75) is 76.5 Å². The van der Waals surface area contributed by atoms with Gasteiger partial charge in [0.1, 0.15) is 0 Å². The Morgan fingerprint density at radius 2 is 1.00 bits per heavy atom. The molecule has 0 aliphatic heterocycles. The molecule has 0 heterocycles. The minimum Gasteiger partial charge on any atom is -0.166 e. The van der Waals surface area contributed by atoms with Gasteiger partial charge in [-0.05, 0) is 36.1 Å². The fourth-order valence-corrected chi connectivity index (χ4v) is 4.48. The number of aryl methyl sites for hydroxylation is 2. The van der Waals surface area contributed by atoms with Crippen LogP contribution in [0.2, 0.25) is 0 Å². The monoisotopic (exact) mass is 510 g/mol. The second-order valence-electron chi connectivity index (χ2n) is 8.60. The molecule has 0 saturated heterocycles. The molecule has 35 heavy (non-hydrogen) atoms. The lowest BCUT2D eigenvalue weighted by Crippen LogP contribution is -2.13. The molecule has 0 bridgehead atoms. The van der Waals surface area contributed by atoms with Gasteiger partial charge in [-0.1, -0.05) is 89.1 Å². The molecule has 2 rings (SSSR count). The number of alkyl halides is 6. The van der Waals surface area contributed by atoms with E-state index in [1.54, 1.807) is 41.5 Å². The molecular weight excluding hydrogens is 482 g/mol. The van der Waals surface area contributed by atoms with Gasteiger partial charge in [0.2, 0.25) is 0 Å². The molecule has 0 nitrogen and oxygen atoms in total. The van der Waals surface area contributed by atoms with Crippen LogP contribution in [0, 0.1) is 35.5 Å². The van der Waals surface area contributed by atoms with Crippen LogP contribution in [-0.2, 0) is 25.2 Å². The molecule has 0 N–H and O–H groups in total. The highest BCUT2D eigenvalue weighted by atomic mass is 32.2. The van der Waals surface area contributed by atoms with Gasteiger partial charge < -0.3 is 0 Å². The van der Waals surface area contributed by atoms with Crippen molar-refractivity contribution in [1.82, 2.24) is 0 Å². The third-order valence-electron chi connectivity index (χ3n) is 5.03. The number of benzene rings is 2. The molecule has 0 atom stereocenters. The largest absolute Gasteiger partial charge is 0.417 e. The van der Waals surface area contributed by atoms with Crippen LogP contribution in [0.25, 0.3) is 0 Å². The highest BCUT2D eigenvalue weighted by Crippen LogP contribution is 2.44. The van der Waals surface area contributed by atoms with Crippen molar-refractivity contribution in [2.75, 3.05) is 0 Å². The summed E-state index contributed by atoms with van der Waals surface area (Å²) in [6.07, 6.45) is -9.03. The Balaban J connectivity index is 2.89. The molecule has 188 valence electrons. The summed E-state index contributed by atoms with van der Waals surface area (Å²) < 4.78 is 84.6. The summed E-state index contributed by atoms with van der Waals surface area (Å²) in [5, 5.41) is 0. The number of hydrogen-bond donors (Lipinski definition) is 0. The first-order valence-corrected chi connectivity index (χ1v) is 12.2. The van der Waals surface area contributed by atoms with E-state index in [0.717, 1.165) is 11.8 Å². The van der Waals surface area contributed by atoms with E-state index in [-0.39, 0.29) is 56.7 Å². The van der Waals surface area contributed by atoms with Crippen molar-refractivity contribution in [3.8, 4) is 23.7 Å². The van der Waals surface area contributed by atoms with Gasteiger partial charge in [0, 0.05) is 21.6 Å². The van der Waals surface area contributed by atoms with Gasteiger partial charge in [-0.15, -0.1) is 0 Å². The Morgan fingerprint density at radius 3 is 1.26 bits per heavy atom. The fraction of sp³-hybridized carbons (Fsp3) is 0.429. The first kappa shape index (κ1) is 28.7. The molecule has 0 amide bonds. The minimum atomic E-state index is -4.66. The quantitative estimate of drug-likeness (QED) is 0.292. The summed E-state index contributed by atoms with van der Waals surface area (Å²) in [4.78, 5) is 0.292. The van der Waals surface area contributed by atoms with E-state index in [4.69, 9.17) is 0 Å². The maximum atomic E-state index is 14.1. The molecule has 2 aromatic rings. The molecule has 2 aromatic carbocycles. The van der Waals surface area contributed by atoms with Crippen LogP contribution in [-0.4, -0.2) is 0 Å². The molecule has 0 aromatic heterocycles. The molecule has 0 saturated carbocycles. The lowest BCUT2D eigenvalue weighted by molar-refractivity contribution is -0.139. The van der Waals surface area contributed by atoms with Crippen molar-refractivity contribution in [3.05, 3.63) is 57.6 Å². The van der Waals surface area contributed by atoms with Crippen molar-refractivity contribution in [1.29, 1.82) is 0 Å². The molecular formula is C28H28F6S. The minimum absolute atomic E-state index is 0.0899. The Kier molecular flexibility index (Phi) is 9.42. The Bertz CT molecular complexity index is 1090. The smallest absolute Gasteiger partial charge is 0.166 e. The summed E-state index contributed by atoms with van der Waals surface area (Å²) in [7, 11) is 0. The van der Waals surface area contributed by atoms with Crippen LogP contribution in [0.3, 0.4) is 0 Å². The van der Waals surface area contributed by atoms with Gasteiger partial charge in [-0.2, -0.15) is 26.3 Å². The maximum Gasteiger partial charge on any atom is 0.417 e. The van der Waals surface area contributed by atoms with E-state index in [9.17, 15) is 26.3 Å². The van der Waals surface area contributed by atoms with E-state index in [0.29, 0.717) is 0 Å². The highest BCUT2D eigenvalue weighted by Gasteiger charge is 2.38. The second kappa shape index (κ2) is 11.5. The lowest BCUT2D eigenvalue weighted by Gasteiger charge is -2.20. The lowest BCUT2D eigenvalue weighted by atomic mass is 9.98. The summed E-state index contributed by atoms with van der Waals surface area (Å²) in [5.74, 6) is 10.5. The van der Waals surface area contributed by atoms with E-state index >= 15 is 0 Å². The SMILES string of the molecule is CCc1ccc(Sc2ccc(CC)c(C(F)(F)F)c2C#CC(C)C)c(C#CC(C)C)c1C(F)(F)F. The normalized spacial score (nSPS) is 11.8. The summed E-state index contributed by atoms with van der Waals surface area (Å²) in [6, 6.07) is 5.75. The maximum absolute atomic E-state index is 14.1. The molecule has 0 radical (unpaired) electrons. The molecule has 0 spiro atoms. The number of halogens is 6. The highest BCUT2D eigenvalue weighted by molar-refractivity contribution is 7.99. The van der Waals surface area contributed by atoms with Gasteiger partial charge in [-0.3, -0.25) is 0 Å². The van der Waals surface area contributed by atoms with E-state index < -0.39 is 23.5 Å². The van der Waals surface area contributed by atoms with Gasteiger partial charge in [0.25, 0.3) is 0 Å². The van der Waals surface area contributed by atoms with Crippen molar-refractivity contribution in [2.24, 2.45) is 11.8 Å². The molecule has 0 aliphatic carbocycles. The third kappa shape index (κ3) is 7.24. The van der Waals surface area contributed by atoms with Crippen LogP contribution < -0.4 is 0 Å². The predicted molar refractivity (Wildman–Crippen MR) is 129 cm³/mol. The standard InChI is InChI=1S/C28H28F6S/c1-7-19-11-15-23(21(13-9-17(3)4)25(19)27(29,30)31)35-24-16-12-20(8-2)26(28(32,33)34)22(24)14-10-18(5)6/h11-12,15-18H,7-8H2,1-6H3. The predicted octanol–water partition coefficient (Wildman–Crippen LogP) is 9.02. The van der Waals surface area contributed by atoms with Crippen LogP contribution in [0.1, 0.15) is 74.9 Å². The van der Waals surface area contributed by atoms with E-state index in [1.165, 1.54) is 24.3 Å². The zero-order chi connectivity index (χ0) is 26.6. The summed E-state index contributed by atoms with van der Waals surface area (Å²) in [6.45, 7) is 10.3. The average Bonchev–Trinajstić information content (AvgIpc) is 2.74. The number of rotatable bonds is 4. The van der Waals surface area contributed by atoms with Gasteiger partial charge >= 0.3 is 12.4 Å². The second-order valence-corrected chi connectivity index (χ2v) is 9.68. The first-order valence-electron chi connectivity index (χ1n) is 11.4. The molecule has 7 heteroatoms. The first-order chi connectivity index (χ1) is 16.2. The zero-order valence-corrected chi connectivity index (χ0v) is 21.4. The van der Waals surface area contributed by atoms with Gasteiger partial charge in [0.05, 0.1) is 22.3 Å². The zero-order valence-electron chi connectivity index (χ0n) is 20.6. The van der Waals surface area contributed by atoms with Gasteiger partial charge in [-0.25, -0.2) is 0 Å². The van der Waals surface area contributed by atoms with Gasteiger partial charge in [0.15, 0.2) is 0 Å². The van der Waals surface area contributed by atoms with Crippen molar-refractivity contribution in [3.63, 3.8) is 0 Å². The average molecular weight is 511 g/mol. The number of hydrogen-bond acceptors (Lipinski definition) is 1. The van der Waals surface area contributed by atoms with E-state index in [2.05, 4.69) is 23.7 Å². The summed E-state index contributed by atoms with van der Waals surface area (Å²) in [5.41, 5.74) is -1.93. The van der Waals surface area contributed by atoms with Crippen molar-refractivity contribution >= 4 is 11.8 Å². The van der Waals surface area contributed by atoms with Crippen LogP contribution >= 0.6 is 11.8 Å². The topological polar surface area (TPSA) is 0 Å². The molecule has 0 aliphatic rings. The summed E-state index contributed by atoms with van der Waals surface area (Å²) >= 11 is 0.838. The molecule has 0 fully saturated rings. The van der Waals surface area contributed by atoms with E-state index in [1.807, 2.05) is 0 Å². The Labute approximate surface area is 207 Å². The Hall–Kier alpha value is -2.51. The fourth-order valence-electron chi connectivity index (χ4n) is 3.46. The van der Waals surface area contributed by atoms with Crippen LogP contribution in [0.4, 0.5) is 26.3 Å². The molecule has 0 unspecified atom stereocenters. The third-order valence-corrected chi connectivity index (χ3v) is 6.15. The van der Waals surface area contributed by atoms with Crippen LogP contribution in [0.15, 0.2) is 34.1 Å².